The number of aromatic nitrogens is 4. The van der Waals surface area contributed by atoms with Crippen molar-refractivity contribution in [1.29, 1.82) is 0 Å². The van der Waals surface area contributed by atoms with E-state index in [1.54, 1.807) is 16.9 Å². The summed E-state index contributed by atoms with van der Waals surface area (Å²) < 4.78 is 13.0. The maximum absolute atomic E-state index is 13.1. The molecule has 5 rings (SSSR count). The average Bonchev–Trinajstić information content (AvgIpc) is 3.34. The number of carbonyl (C=O) groups is 1. The van der Waals surface area contributed by atoms with E-state index < -0.39 is 0 Å². The Kier molecular flexibility index (Phi) is 4.47. The summed E-state index contributed by atoms with van der Waals surface area (Å²) in [5.74, 6) is 2.68. The number of anilines is 1. The Balaban J connectivity index is 1.29. The molecule has 2 aromatic heterocycles. The van der Waals surface area contributed by atoms with Gasteiger partial charge in [0.1, 0.15) is 25.4 Å². The Morgan fingerprint density at radius 1 is 0.966 bits per heavy atom. The molecular weight excluding hydrogens is 372 g/mol. The minimum absolute atomic E-state index is 0.0353. The molecule has 0 saturated carbocycles. The van der Waals surface area contributed by atoms with E-state index in [0.29, 0.717) is 62.3 Å². The first-order chi connectivity index (χ1) is 14.3. The second-order valence-electron chi connectivity index (χ2n) is 6.79. The monoisotopic (exact) mass is 392 g/mol. The number of amides is 1. The number of rotatable bonds is 3. The average molecular weight is 392 g/mol. The molecule has 148 valence electrons. The van der Waals surface area contributed by atoms with Gasteiger partial charge >= 0.3 is 0 Å². The molecular formula is C20H20N6O3. The van der Waals surface area contributed by atoms with E-state index >= 15 is 0 Å². The molecule has 9 nitrogen and oxygen atoms in total. The molecule has 1 aromatic carbocycles. The molecule has 1 fully saturated rings. The van der Waals surface area contributed by atoms with Crippen LogP contribution >= 0.6 is 0 Å². The van der Waals surface area contributed by atoms with Crippen LogP contribution < -0.4 is 14.4 Å². The summed E-state index contributed by atoms with van der Waals surface area (Å²) in [6.45, 7) is 3.54. The summed E-state index contributed by atoms with van der Waals surface area (Å²) in [5.41, 5.74) is 0.554. The van der Waals surface area contributed by atoms with Crippen molar-refractivity contribution in [3.05, 3.63) is 54.6 Å². The Morgan fingerprint density at radius 3 is 2.62 bits per heavy atom. The van der Waals surface area contributed by atoms with E-state index in [2.05, 4.69) is 20.0 Å². The van der Waals surface area contributed by atoms with Gasteiger partial charge in [-0.15, -0.1) is 0 Å². The van der Waals surface area contributed by atoms with Gasteiger partial charge in [-0.2, -0.15) is 5.10 Å². The van der Waals surface area contributed by atoms with Crippen molar-refractivity contribution >= 4 is 11.7 Å². The van der Waals surface area contributed by atoms with Gasteiger partial charge in [-0.3, -0.25) is 4.79 Å². The Bertz CT molecular complexity index is 1010. The quantitative estimate of drug-likeness (QED) is 0.666. The lowest BCUT2D eigenvalue weighted by molar-refractivity contribution is 0.0736. The molecule has 2 aliphatic heterocycles. The highest BCUT2D eigenvalue weighted by Gasteiger charge is 2.27. The van der Waals surface area contributed by atoms with Crippen LogP contribution in [0, 0.1) is 0 Å². The van der Waals surface area contributed by atoms with Crippen molar-refractivity contribution in [2.75, 3.05) is 44.3 Å². The number of ether oxygens (including phenoxy) is 2. The lowest BCUT2D eigenvalue weighted by Crippen LogP contribution is -2.49. The second-order valence-corrected chi connectivity index (χ2v) is 6.79. The minimum atomic E-state index is -0.0353. The Hall–Kier alpha value is -3.62. The summed E-state index contributed by atoms with van der Waals surface area (Å²) in [4.78, 5) is 25.7. The van der Waals surface area contributed by atoms with Gasteiger partial charge in [0.2, 0.25) is 0 Å². The summed E-state index contributed by atoms with van der Waals surface area (Å²) in [6.07, 6.45) is 5.09. The number of fused-ring (bicyclic) bond motifs is 1. The topological polar surface area (TPSA) is 85.6 Å². The van der Waals surface area contributed by atoms with E-state index in [1.165, 1.54) is 6.33 Å². The highest BCUT2D eigenvalue weighted by molar-refractivity contribution is 5.98. The van der Waals surface area contributed by atoms with Crippen molar-refractivity contribution in [2.24, 2.45) is 0 Å². The van der Waals surface area contributed by atoms with Crippen LogP contribution in [0.5, 0.6) is 11.5 Å². The van der Waals surface area contributed by atoms with Gasteiger partial charge in [-0.05, 0) is 18.2 Å². The lowest BCUT2D eigenvalue weighted by atomic mass is 10.1. The maximum atomic E-state index is 13.1. The molecule has 1 saturated heterocycles. The predicted octanol–water partition coefficient (Wildman–Crippen LogP) is 1.40. The summed E-state index contributed by atoms with van der Waals surface area (Å²) in [6, 6.07) is 9.21. The largest absolute Gasteiger partial charge is 0.486 e. The summed E-state index contributed by atoms with van der Waals surface area (Å²) in [5, 5.41) is 4.21. The van der Waals surface area contributed by atoms with E-state index in [9.17, 15) is 4.79 Å². The van der Waals surface area contributed by atoms with Crippen molar-refractivity contribution in [3.8, 4) is 17.3 Å². The van der Waals surface area contributed by atoms with Gasteiger partial charge in [-0.25, -0.2) is 14.6 Å². The smallest absolute Gasteiger partial charge is 0.257 e. The summed E-state index contributed by atoms with van der Waals surface area (Å²) >= 11 is 0. The third-order valence-electron chi connectivity index (χ3n) is 5.06. The number of nitrogens with zero attached hydrogens (tertiary/aromatic N) is 6. The second kappa shape index (κ2) is 7.42. The van der Waals surface area contributed by atoms with Crippen LogP contribution in [0.15, 0.2) is 49.1 Å². The highest BCUT2D eigenvalue weighted by Crippen LogP contribution is 2.34. The van der Waals surface area contributed by atoms with Gasteiger partial charge in [0.05, 0.1) is 5.56 Å². The Labute approximate surface area is 167 Å². The van der Waals surface area contributed by atoms with Gasteiger partial charge in [0, 0.05) is 44.6 Å². The van der Waals surface area contributed by atoms with E-state index in [-0.39, 0.29) is 5.91 Å². The van der Waals surface area contributed by atoms with Gasteiger partial charge in [0.15, 0.2) is 17.3 Å². The molecule has 0 radical (unpaired) electrons. The number of carbonyl (C=O) groups excluding carboxylic acids is 1. The van der Waals surface area contributed by atoms with Gasteiger partial charge < -0.3 is 19.3 Å². The van der Waals surface area contributed by atoms with Crippen molar-refractivity contribution in [2.45, 2.75) is 0 Å². The highest BCUT2D eigenvalue weighted by atomic mass is 16.6. The van der Waals surface area contributed by atoms with E-state index in [0.717, 1.165) is 5.82 Å². The van der Waals surface area contributed by atoms with Crippen LogP contribution in [0.3, 0.4) is 0 Å². The van der Waals surface area contributed by atoms with E-state index in [4.69, 9.17) is 9.47 Å². The first-order valence-electron chi connectivity index (χ1n) is 9.54. The van der Waals surface area contributed by atoms with Crippen molar-refractivity contribution < 1.29 is 14.3 Å². The zero-order valence-electron chi connectivity index (χ0n) is 15.8. The zero-order valence-corrected chi connectivity index (χ0v) is 15.8. The molecule has 0 bridgehead atoms. The predicted molar refractivity (Wildman–Crippen MR) is 105 cm³/mol. The number of hydrogen-bond donors (Lipinski definition) is 0. The third-order valence-corrected chi connectivity index (χ3v) is 5.06. The minimum Gasteiger partial charge on any atom is -0.486 e. The number of piperazine rings is 1. The maximum Gasteiger partial charge on any atom is 0.257 e. The van der Waals surface area contributed by atoms with Gasteiger partial charge in [0.25, 0.3) is 5.91 Å². The fraction of sp³-hybridized carbons (Fsp3) is 0.300. The molecule has 1 amide bonds. The van der Waals surface area contributed by atoms with Crippen LogP contribution in [-0.2, 0) is 0 Å². The van der Waals surface area contributed by atoms with Crippen molar-refractivity contribution in [3.63, 3.8) is 0 Å². The van der Waals surface area contributed by atoms with Crippen LogP contribution in [0.25, 0.3) is 5.82 Å². The number of benzene rings is 1. The molecule has 0 atom stereocenters. The molecule has 0 N–H and O–H groups in total. The molecule has 3 aromatic rings. The SMILES string of the molecule is O=C(c1cccc2c1OCCO2)N1CCN(c2cc(-n3cccn3)ncn2)CC1. The third kappa shape index (κ3) is 3.35. The standard InChI is InChI=1S/C20H20N6O3/c27-20(15-3-1-4-16-19(15)29-12-11-28-16)25-9-7-24(8-10-25)17-13-18(22-14-21-17)26-6-2-5-23-26/h1-6,13-14H,7-12H2. The first kappa shape index (κ1) is 17.5. The molecule has 0 aliphatic carbocycles. The molecule has 0 unspecified atom stereocenters. The van der Waals surface area contributed by atoms with Crippen LogP contribution in [0.2, 0.25) is 0 Å². The molecule has 2 aliphatic rings. The van der Waals surface area contributed by atoms with Crippen molar-refractivity contribution in [1.82, 2.24) is 24.6 Å². The fourth-order valence-electron chi connectivity index (χ4n) is 3.59. The van der Waals surface area contributed by atoms with Crippen LogP contribution in [-0.4, -0.2) is 69.9 Å². The normalized spacial score (nSPS) is 16.0. The number of para-hydroxylation sites is 1. The van der Waals surface area contributed by atoms with Crippen LogP contribution in [0.4, 0.5) is 5.82 Å². The summed E-state index contributed by atoms with van der Waals surface area (Å²) in [7, 11) is 0. The van der Waals surface area contributed by atoms with Crippen LogP contribution in [0.1, 0.15) is 10.4 Å². The molecule has 0 spiro atoms. The zero-order chi connectivity index (χ0) is 19.6. The molecule has 4 heterocycles. The first-order valence-corrected chi connectivity index (χ1v) is 9.54. The molecule has 29 heavy (non-hydrogen) atoms. The number of hydrogen-bond acceptors (Lipinski definition) is 7. The lowest BCUT2D eigenvalue weighted by Gasteiger charge is -2.35. The Morgan fingerprint density at radius 2 is 1.79 bits per heavy atom. The molecule has 9 heteroatoms. The van der Waals surface area contributed by atoms with E-state index in [1.807, 2.05) is 35.4 Å². The van der Waals surface area contributed by atoms with Gasteiger partial charge in [-0.1, -0.05) is 6.07 Å². The fourth-order valence-corrected chi connectivity index (χ4v) is 3.59.